The molecule has 0 heterocycles. The number of unbranched alkanes of at least 4 members (excludes halogenated alkanes) is 1. The molecule has 0 bridgehead atoms. The summed E-state index contributed by atoms with van der Waals surface area (Å²) in [5, 5.41) is 35.0. The molecule has 0 saturated carbocycles. The second kappa shape index (κ2) is 17.1. The first-order valence-electron chi connectivity index (χ1n) is 10.9. The first kappa shape index (κ1) is 31.6. The molecule has 0 aliphatic carbocycles. The van der Waals surface area contributed by atoms with E-state index in [-0.39, 0.29) is 12.8 Å². The number of nitrogens with one attached hydrogen (secondary N) is 3. The van der Waals surface area contributed by atoms with Gasteiger partial charge in [0, 0.05) is 6.42 Å². The van der Waals surface area contributed by atoms with E-state index in [0.29, 0.717) is 31.6 Å². The molecule has 5 atom stereocenters. The summed E-state index contributed by atoms with van der Waals surface area (Å²) < 4.78 is 0. The van der Waals surface area contributed by atoms with Gasteiger partial charge in [0.05, 0.1) is 12.1 Å². The molecule has 3 amide bonds. The van der Waals surface area contributed by atoms with Crippen LogP contribution in [0.5, 0.6) is 0 Å². The third-order valence-electron chi connectivity index (χ3n) is 4.87. The third kappa shape index (κ3) is 12.7. The van der Waals surface area contributed by atoms with Gasteiger partial charge in [-0.2, -0.15) is 11.8 Å². The van der Waals surface area contributed by atoms with E-state index in [4.69, 9.17) is 16.6 Å². The van der Waals surface area contributed by atoms with Crippen molar-refractivity contribution in [3.8, 4) is 0 Å². The van der Waals surface area contributed by atoms with Crippen LogP contribution < -0.4 is 27.4 Å². The Labute approximate surface area is 202 Å². The molecule has 14 heteroatoms. The minimum atomic E-state index is -1.54. The van der Waals surface area contributed by atoms with Gasteiger partial charge >= 0.3 is 11.9 Å². The minimum Gasteiger partial charge on any atom is -0.481 e. The number of carbonyl (C=O) groups is 5. The molecule has 0 saturated heterocycles. The van der Waals surface area contributed by atoms with Crippen molar-refractivity contribution in [1.29, 1.82) is 0 Å². The molecule has 5 unspecified atom stereocenters. The van der Waals surface area contributed by atoms with Crippen LogP contribution in [-0.4, -0.2) is 93.8 Å². The number of aliphatic carboxylic acids is 2. The van der Waals surface area contributed by atoms with Crippen LogP contribution in [-0.2, 0) is 24.0 Å². The molecule has 0 radical (unpaired) electrons. The van der Waals surface area contributed by atoms with Crippen LogP contribution in [0.25, 0.3) is 0 Å². The lowest BCUT2D eigenvalue weighted by molar-refractivity contribution is -0.144. The van der Waals surface area contributed by atoms with Gasteiger partial charge in [0.15, 0.2) is 0 Å². The maximum absolute atomic E-state index is 12.9. The molecular formula is C20H37N5O8S. The Bertz CT molecular complexity index is 694. The van der Waals surface area contributed by atoms with Gasteiger partial charge in [-0.1, -0.05) is 0 Å². The number of aliphatic hydroxyl groups is 1. The van der Waals surface area contributed by atoms with Crippen molar-refractivity contribution in [3.63, 3.8) is 0 Å². The molecular weight excluding hydrogens is 470 g/mol. The van der Waals surface area contributed by atoms with E-state index >= 15 is 0 Å². The van der Waals surface area contributed by atoms with Crippen LogP contribution in [0, 0.1) is 0 Å². The van der Waals surface area contributed by atoms with E-state index in [1.54, 1.807) is 0 Å². The smallest absolute Gasteiger partial charge is 0.326 e. The van der Waals surface area contributed by atoms with Gasteiger partial charge in [0.1, 0.15) is 18.1 Å². The Kier molecular flexibility index (Phi) is 15.9. The second-order valence-electron chi connectivity index (χ2n) is 7.79. The fraction of sp³-hybridized carbons (Fsp3) is 0.750. The molecule has 34 heavy (non-hydrogen) atoms. The SMILES string of the molecule is CSCCC(N)C(=O)NC(CCCCN)C(=O)NC(C(=O)NC(CCC(=O)O)C(=O)O)C(C)O. The second-order valence-corrected chi connectivity index (χ2v) is 8.78. The van der Waals surface area contributed by atoms with Crippen LogP contribution in [0.1, 0.15) is 45.4 Å². The van der Waals surface area contributed by atoms with E-state index in [2.05, 4.69) is 16.0 Å². The van der Waals surface area contributed by atoms with Gasteiger partial charge in [-0.25, -0.2) is 4.79 Å². The van der Waals surface area contributed by atoms with Crippen molar-refractivity contribution in [2.24, 2.45) is 11.5 Å². The molecule has 0 fully saturated rings. The average Bonchev–Trinajstić information content (AvgIpc) is 2.76. The summed E-state index contributed by atoms with van der Waals surface area (Å²) in [7, 11) is 0. The summed E-state index contributed by atoms with van der Waals surface area (Å²) in [6.07, 6.45) is 1.24. The number of amides is 3. The predicted molar refractivity (Wildman–Crippen MR) is 126 cm³/mol. The van der Waals surface area contributed by atoms with E-state index in [9.17, 15) is 34.2 Å². The summed E-state index contributed by atoms with van der Waals surface area (Å²) >= 11 is 1.52. The number of carbonyl (C=O) groups excluding carboxylic acids is 3. The Hall–Kier alpha value is -2.42. The number of nitrogens with two attached hydrogens (primary N) is 2. The van der Waals surface area contributed by atoms with Crippen molar-refractivity contribution in [2.45, 2.75) is 75.7 Å². The number of thioether (sulfide) groups is 1. The summed E-state index contributed by atoms with van der Waals surface area (Å²) in [6, 6.07) is -4.97. The van der Waals surface area contributed by atoms with Crippen molar-refractivity contribution >= 4 is 41.4 Å². The lowest BCUT2D eigenvalue weighted by Gasteiger charge is -2.26. The monoisotopic (exact) mass is 507 g/mol. The summed E-state index contributed by atoms with van der Waals surface area (Å²) in [6.45, 7) is 1.60. The van der Waals surface area contributed by atoms with Crippen molar-refractivity contribution < 1.29 is 39.3 Å². The Balaban J connectivity index is 5.38. The highest BCUT2D eigenvalue weighted by Gasteiger charge is 2.32. The largest absolute Gasteiger partial charge is 0.481 e. The molecule has 10 N–H and O–H groups in total. The summed E-state index contributed by atoms with van der Waals surface area (Å²) in [4.78, 5) is 59.9. The number of aliphatic hydroxyl groups excluding tert-OH is 1. The maximum atomic E-state index is 12.9. The normalized spacial score (nSPS) is 15.3. The van der Waals surface area contributed by atoms with E-state index < -0.39 is 66.4 Å². The van der Waals surface area contributed by atoms with Gasteiger partial charge in [-0.15, -0.1) is 0 Å². The highest BCUT2D eigenvalue weighted by molar-refractivity contribution is 7.98. The molecule has 0 spiro atoms. The van der Waals surface area contributed by atoms with E-state index in [0.717, 1.165) is 0 Å². The van der Waals surface area contributed by atoms with Crippen LogP contribution in [0.2, 0.25) is 0 Å². The number of carboxylic acid groups (broad SMARTS) is 2. The van der Waals surface area contributed by atoms with Crippen molar-refractivity contribution in [2.75, 3.05) is 18.6 Å². The molecule has 0 aromatic rings. The van der Waals surface area contributed by atoms with Crippen LogP contribution in [0.4, 0.5) is 0 Å². The van der Waals surface area contributed by atoms with Gasteiger partial charge in [-0.3, -0.25) is 19.2 Å². The lowest BCUT2D eigenvalue weighted by atomic mass is 10.0. The van der Waals surface area contributed by atoms with Gasteiger partial charge < -0.3 is 42.7 Å². The fourth-order valence-electron chi connectivity index (χ4n) is 2.86. The highest BCUT2D eigenvalue weighted by atomic mass is 32.2. The lowest BCUT2D eigenvalue weighted by Crippen LogP contribution is -2.59. The minimum absolute atomic E-state index is 0.203. The fourth-order valence-corrected chi connectivity index (χ4v) is 3.35. The predicted octanol–water partition coefficient (Wildman–Crippen LogP) is -2.02. The van der Waals surface area contributed by atoms with Crippen LogP contribution >= 0.6 is 11.8 Å². The molecule has 0 aromatic heterocycles. The van der Waals surface area contributed by atoms with Crippen molar-refractivity contribution in [1.82, 2.24) is 16.0 Å². The van der Waals surface area contributed by atoms with Gasteiger partial charge in [-0.05, 0) is 57.6 Å². The Morgan fingerprint density at radius 3 is 2.00 bits per heavy atom. The molecule has 0 aromatic carbocycles. The Morgan fingerprint density at radius 2 is 1.50 bits per heavy atom. The topological polar surface area (TPSA) is 234 Å². The van der Waals surface area contributed by atoms with Crippen LogP contribution in [0.15, 0.2) is 0 Å². The van der Waals surface area contributed by atoms with Crippen molar-refractivity contribution in [3.05, 3.63) is 0 Å². The number of hydrogen-bond donors (Lipinski definition) is 8. The number of hydrogen-bond acceptors (Lipinski definition) is 9. The number of carboxylic acids is 2. The molecule has 13 nitrogen and oxygen atoms in total. The molecule has 196 valence electrons. The summed E-state index contributed by atoms with van der Waals surface area (Å²) in [5.41, 5.74) is 11.3. The van der Waals surface area contributed by atoms with Crippen LogP contribution in [0.3, 0.4) is 0 Å². The van der Waals surface area contributed by atoms with E-state index in [1.165, 1.54) is 18.7 Å². The summed E-state index contributed by atoms with van der Waals surface area (Å²) in [5.74, 6) is -4.37. The standard InChI is InChI=1S/C20H37N5O8S/c1-11(26)16(19(31)24-14(20(32)33)6-7-15(27)28)25-18(30)13(5-3-4-9-21)23-17(29)12(22)8-10-34-2/h11-14,16,26H,3-10,21-22H2,1-2H3,(H,23,29)(H,24,31)(H,25,30)(H,27,28)(H,32,33). The maximum Gasteiger partial charge on any atom is 0.326 e. The van der Waals surface area contributed by atoms with Gasteiger partial charge in [0.2, 0.25) is 17.7 Å². The first-order chi connectivity index (χ1) is 15.9. The average molecular weight is 508 g/mol. The zero-order chi connectivity index (χ0) is 26.3. The van der Waals surface area contributed by atoms with E-state index in [1.807, 2.05) is 6.26 Å². The first-order valence-corrected chi connectivity index (χ1v) is 12.3. The third-order valence-corrected chi connectivity index (χ3v) is 5.52. The molecule has 0 rings (SSSR count). The Morgan fingerprint density at radius 1 is 0.882 bits per heavy atom. The quantitative estimate of drug-likeness (QED) is 0.0943. The molecule has 0 aliphatic rings. The molecule has 0 aliphatic heterocycles. The zero-order valence-electron chi connectivity index (χ0n) is 19.5. The number of rotatable bonds is 18. The zero-order valence-corrected chi connectivity index (χ0v) is 20.3. The highest BCUT2D eigenvalue weighted by Crippen LogP contribution is 2.06. The van der Waals surface area contributed by atoms with Gasteiger partial charge in [0.25, 0.3) is 0 Å².